The molecule has 0 aliphatic carbocycles. The summed E-state index contributed by atoms with van der Waals surface area (Å²) in [7, 11) is 5.93. The molecule has 0 aliphatic heterocycles. The summed E-state index contributed by atoms with van der Waals surface area (Å²) in [6.45, 7) is 4.66. The highest BCUT2D eigenvalue weighted by atomic mass is 16.7. The fourth-order valence-corrected chi connectivity index (χ4v) is 11.9. The first-order valence-electron chi connectivity index (χ1n) is 40.9. The largest absolute Gasteiger partial charge is 0.545 e. The second kappa shape index (κ2) is 77.0. The molecule has 0 fully saturated rings. The second-order valence-electron chi connectivity index (χ2n) is 28.7. The van der Waals surface area contributed by atoms with E-state index in [-0.39, 0.29) is 38.6 Å². The Kier molecular flexibility index (Phi) is 73.9. The first kappa shape index (κ1) is 92.2. The Morgan fingerprint density at radius 2 is 0.594 bits per heavy atom. The lowest BCUT2D eigenvalue weighted by Crippen LogP contribution is -2.44. The summed E-state index contributed by atoms with van der Waals surface area (Å²) in [6, 6.07) is 0. The monoisotopic (exact) mass is 1340 g/mol. The number of likely N-dealkylation sites (N-methyl/N-ethyl adjacent to an activating group) is 1. The second-order valence-corrected chi connectivity index (χ2v) is 28.7. The van der Waals surface area contributed by atoms with Crippen LogP contribution in [0.5, 0.6) is 0 Å². The number of unbranched alkanes of at least 4 members (excludes halogenated alkanes) is 45. The maximum absolute atomic E-state index is 13.0. The molecule has 0 spiro atoms. The van der Waals surface area contributed by atoms with Crippen LogP contribution in [-0.4, -0.2) is 82.3 Å². The molecule has 2 atom stereocenters. The van der Waals surface area contributed by atoms with E-state index in [1.54, 1.807) is 0 Å². The van der Waals surface area contributed by atoms with Crippen LogP contribution in [0.4, 0.5) is 0 Å². The molecule has 0 radical (unpaired) electrons. The molecule has 0 rings (SSSR count). The summed E-state index contributed by atoms with van der Waals surface area (Å²) < 4.78 is 22.8. The van der Waals surface area contributed by atoms with E-state index in [0.717, 1.165) is 109 Å². The number of rotatable bonds is 76. The normalized spacial score (nSPS) is 13.1. The van der Waals surface area contributed by atoms with Crippen LogP contribution in [0, 0.1) is 0 Å². The molecular weight excluding hydrogens is 1190 g/mol. The Balaban J connectivity index is 4.01. The number of carbonyl (C=O) groups is 3. The lowest BCUT2D eigenvalue weighted by atomic mass is 10.0. The number of carboxylic acids is 1. The van der Waals surface area contributed by atoms with E-state index in [2.05, 4.69) is 111 Å². The van der Waals surface area contributed by atoms with Crippen LogP contribution >= 0.6 is 0 Å². The molecule has 9 heteroatoms. The van der Waals surface area contributed by atoms with Crippen LogP contribution in [0.2, 0.25) is 0 Å². The predicted octanol–water partition coefficient (Wildman–Crippen LogP) is 25.0. The third-order valence-corrected chi connectivity index (χ3v) is 18.1. The smallest absolute Gasteiger partial charge is 0.306 e. The summed E-state index contributed by atoms with van der Waals surface area (Å²) >= 11 is 0. The quantitative estimate of drug-likeness (QED) is 0.0195. The van der Waals surface area contributed by atoms with Gasteiger partial charge in [0.15, 0.2) is 12.4 Å². The van der Waals surface area contributed by atoms with Gasteiger partial charge in [-0.3, -0.25) is 9.59 Å². The van der Waals surface area contributed by atoms with Gasteiger partial charge in [0, 0.05) is 12.8 Å². The third-order valence-electron chi connectivity index (χ3n) is 18.1. The van der Waals surface area contributed by atoms with Crippen LogP contribution in [0.25, 0.3) is 0 Å². The molecule has 0 N–H and O–H groups in total. The van der Waals surface area contributed by atoms with Crippen LogP contribution in [-0.2, 0) is 33.3 Å². The maximum atomic E-state index is 13.0. The standard InChI is InChI=1S/C87H155NO8/c1-6-8-10-12-14-16-18-20-22-24-26-28-30-32-34-36-38-39-40-41-42-43-44-45-46-48-49-51-53-55-57-59-61-63-65-67-69-71-73-75-77-84(89)94-81-83(82-95-87(86(91)92)93-80-79-88(3,4)5)96-85(90)78-76-74-72-70-68-66-64-62-60-58-56-54-52-50-47-37-35-33-31-29-27-25-23-21-19-17-15-13-11-9-7-2/h9,11,15,17,21,23,27,29,33,35,47,50,54,56,60,62,83,87H,6-8,10,12-14,16,18-20,22,24-26,28,30-32,34,36-46,48-49,51-53,55,57-59,61,63-82H2,1-5H3/b11-9-,17-15-,23-21-,29-27-,35-33-,50-47-,56-54-,62-60-. The first-order valence-corrected chi connectivity index (χ1v) is 40.9. The van der Waals surface area contributed by atoms with E-state index in [1.165, 1.54) is 238 Å². The van der Waals surface area contributed by atoms with E-state index in [1.807, 2.05) is 21.1 Å². The number of hydrogen-bond acceptors (Lipinski definition) is 8. The zero-order valence-electron chi connectivity index (χ0n) is 63.7. The minimum absolute atomic E-state index is 0.141. The molecule has 0 saturated carbocycles. The fraction of sp³-hybridized carbons (Fsp3) is 0.782. The summed E-state index contributed by atoms with van der Waals surface area (Å²) in [5.74, 6) is -2.29. The van der Waals surface area contributed by atoms with Crippen molar-refractivity contribution in [2.24, 2.45) is 0 Å². The molecule has 0 saturated heterocycles. The number of hydrogen-bond donors (Lipinski definition) is 0. The van der Waals surface area contributed by atoms with Gasteiger partial charge in [0.1, 0.15) is 13.2 Å². The molecular formula is C87H155NO8. The molecule has 0 bridgehead atoms. The van der Waals surface area contributed by atoms with Crippen LogP contribution in [0.3, 0.4) is 0 Å². The molecule has 0 amide bonds. The molecule has 9 nitrogen and oxygen atoms in total. The highest BCUT2D eigenvalue weighted by Crippen LogP contribution is 2.19. The fourth-order valence-electron chi connectivity index (χ4n) is 11.9. The number of aliphatic carboxylic acids is 1. The summed E-state index contributed by atoms with van der Waals surface area (Å²) in [5, 5.41) is 11.9. The maximum Gasteiger partial charge on any atom is 0.306 e. The van der Waals surface area contributed by atoms with Crippen LogP contribution in [0.15, 0.2) is 97.2 Å². The molecule has 556 valence electrons. The van der Waals surface area contributed by atoms with Gasteiger partial charge in [-0.1, -0.05) is 387 Å². The van der Waals surface area contributed by atoms with Crippen LogP contribution in [0.1, 0.15) is 380 Å². The topological polar surface area (TPSA) is 111 Å². The van der Waals surface area contributed by atoms with E-state index in [0.29, 0.717) is 17.4 Å². The molecule has 0 aromatic heterocycles. The average molecular weight is 1340 g/mol. The number of esters is 2. The Morgan fingerprint density at radius 3 is 0.885 bits per heavy atom. The Bertz CT molecular complexity index is 1900. The van der Waals surface area contributed by atoms with Gasteiger partial charge in [0.2, 0.25) is 0 Å². The number of ether oxygens (including phenoxy) is 4. The zero-order chi connectivity index (χ0) is 69.7. The minimum atomic E-state index is -1.63. The number of nitrogens with zero attached hydrogens (tertiary/aromatic N) is 1. The van der Waals surface area contributed by atoms with Crippen molar-refractivity contribution in [3.63, 3.8) is 0 Å². The molecule has 2 unspecified atom stereocenters. The minimum Gasteiger partial charge on any atom is -0.545 e. The summed E-state index contributed by atoms with van der Waals surface area (Å²) in [4.78, 5) is 37.6. The van der Waals surface area contributed by atoms with Crippen LogP contribution < -0.4 is 5.11 Å². The first-order chi connectivity index (χ1) is 47.1. The number of carbonyl (C=O) groups excluding carboxylic acids is 3. The molecule has 96 heavy (non-hydrogen) atoms. The zero-order valence-corrected chi connectivity index (χ0v) is 63.7. The molecule has 0 aliphatic rings. The Hall–Kier alpha value is -3.79. The number of quaternary nitrogens is 1. The highest BCUT2D eigenvalue weighted by molar-refractivity contribution is 5.70. The number of allylic oxidation sites excluding steroid dienone is 16. The van der Waals surface area contributed by atoms with Crippen molar-refractivity contribution >= 4 is 17.9 Å². The van der Waals surface area contributed by atoms with Gasteiger partial charge < -0.3 is 33.3 Å². The molecule has 0 aromatic rings. The molecule has 0 aromatic carbocycles. The van der Waals surface area contributed by atoms with Gasteiger partial charge in [-0.15, -0.1) is 0 Å². The van der Waals surface area contributed by atoms with E-state index < -0.39 is 24.3 Å². The van der Waals surface area contributed by atoms with E-state index in [9.17, 15) is 19.5 Å². The van der Waals surface area contributed by atoms with Gasteiger partial charge in [-0.05, 0) is 77.0 Å². The van der Waals surface area contributed by atoms with E-state index in [4.69, 9.17) is 18.9 Å². The van der Waals surface area contributed by atoms with Gasteiger partial charge in [-0.25, -0.2) is 0 Å². The predicted molar refractivity (Wildman–Crippen MR) is 412 cm³/mol. The van der Waals surface area contributed by atoms with Crippen molar-refractivity contribution in [3.8, 4) is 0 Å². The lowest BCUT2D eigenvalue weighted by Gasteiger charge is -2.26. The Morgan fingerprint density at radius 1 is 0.323 bits per heavy atom. The van der Waals surface area contributed by atoms with Crippen molar-refractivity contribution in [1.82, 2.24) is 0 Å². The number of carboxylic acid groups (broad SMARTS) is 1. The Labute approximate surface area is 594 Å². The lowest BCUT2D eigenvalue weighted by molar-refractivity contribution is -0.870. The molecule has 0 heterocycles. The van der Waals surface area contributed by atoms with Crippen molar-refractivity contribution in [3.05, 3.63) is 97.2 Å². The SMILES string of the molecule is CC/C=C\C/C=C\C/C=C\C/C=C\C/C=C\C/C=C\C/C=C\C/C=C\CCCCCCCCC(=O)OC(COC(=O)CCCCCCCCCCCCCCCCCCCCCCCCCCCCCCCCCCCCCCCCCC)COC(OCC[N+](C)(C)C)C(=O)[O-]. The van der Waals surface area contributed by atoms with Crippen molar-refractivity contribution in [2.75, 3.05) is 47.5 Å². The summed E-state index contributed by atoms with van der Waals surface area (Å²) in [6.07, 6.45) is 104. The average Bonchev–Trinajstić information content (AvgIpc) is 2.59. The van der Waals surface area contributed by atoms with Gasteiger partial charge in [0.25, 0.3) is 0 Å². The highest BCUT2D eigenvalue weighted by Gasteiger charge is 2.22. The van der Waals surface area contributed by atoms with Crippen molar-refractivity contribution in [1.29, 1.82) is 0 Å². The van der Waals surface area contributed by atoms with Gasteiger partial charge in [0.05, 0.1) is 40.3 Å². The summed E-state index contributed by atoms with van der Waals surface area (Å²) in [5.41, 5.74) is 0. The van der Waals surface area contributed by atoms with Gasteiger partial charge in [-0.2, -0.15) is 0 Å². The third kappa shape index (κ3) is 77.6. The van der Waals surface area contributed by atoms with E-state index >= 15 is 0 Å². The van der Waals surface area contributed by atoms with Gasteiger partial charge >= 0.3 is 11.9 Å². The van der Waals surface area contributed by atoms with Crippen molar-refractivity contribution < 1.29 is 42.9 Å². The van der Waals surface area contributed by atoms with Crippen molar-refractivity contribution in [2.45, 2.75) is 392 Å².